The molecule has 2 aromatic carbocycles. The van der Waals surface area contributed by atoms with Gasteiger partial charge in [-0.15, -0.1) is 0 Å². The Hall–Kier alpha value is -6.18. The van der Waals surface area contributed by atoms with E-state index in [4.69, 9.17) is 0 Å². The monoisotopic (exact) mass is 901 g/mol. The molecule has 19 heteroatoms. The maximum atomic E-state index is 13.9. The molecule has 65 heavy (non-hydrogen) atoms. The Morgan fingerprint density at radius 3 is 2.11 bits per heavy atom. The van der Waals surface area contributed by atoms with E-state index >= 15 is 0 Å². The summed E-state index contributed by atoms with van der Waals surface area (Å²) in [5.41, 5.74) is 2.50. The molecule has 2 aliphatic heterocycles. The number of aldehydes is 1. The van der Waals surface area contributed by atoms with Crippen LogP contribution in [0.15, 0.2) is 60.8 Å². The lowest BCUT2D eigenvalue weighted by Crippen LogP contribution is -2.63. The topological polar surface area (TPSA) is 280 Å². The normalized spacial score (nSPS) is 19.6. The van der Waals surface area contributed by atoms with Crippen molar-refractivity contribution in [3.63, 3.8) is 0 Å². The molecule has 2 fully saturated rings. The van der Waals surface area contributed by atoms with E-state index in [0.717, 1.165) is 28.5 Å². The molecular formula is C46H63N9O10. The van der Waals surface area contributed by atoms with Gasteiger partial charge in [-0.3, -0.25) is 33.6 Å². The van der Waals surface area contributed by atoms with Gasteiger partial charge in [-0.25, -0.2) is 0 Å². The minimum Gasteiger partial charge on any atom is -0.394 e. The molecule has 0 radical (unpaired) electrons. The average Bonchev–Trinajstić information content (AvgIpc) is 4.11. The number of nitrogens with one attached hydrogen (secondary N) is 8. The molecule has 7 amide bonds. The SMILES string of the molecule is CC[C@H](C)[C@H](NC(=O)[C@H](Cc1ccccc1)NC(=O)[C@@H]1CCCN1)C(=O)N[C@H](C(=O)N[C@@H](CO)C(=O)N[C@@H](C)C(=O)N1CCC[C@H]1C(=O)N[C@H](C=O)Cc1c[nH]c2ccccc12)[C@@H](C)O. The first-order valence-electron chi connectivity index (χ1n) is 22.3. The third-order valence-corrected chi connectivity index (χ3v) is 12.1. The van der Waals surface area contributed by atoms with Crippen LogP contribution in [-0.4, -0.2) is 142 Å². The van der Waals surface area contributed by atoms with E-state index in [1.165, 1.54) is 18.7 Å². The molecule has 0 bridgehead atoms. The van der Waals surface area contributed by atoms with Gasteiger partial charge < -0.3 is 62.1 Å². The zero-order valence-electron chi connectivity index (χ0n) is 37.3. The van der Waals surface area contributed by atoms with Gasteiger partial charge in [0.2, 0.25) is 41.4 Å². The zero-order chi connectivity index (χ0) is 47.2. The minimum atomic E-state index is -1.66. The van der Waals surface area contributed by atoms with Crippen molar-refractivity contribution in [1.29, 1.82) is 0 Å². The molecular weight excluding hydrogens is 839 g/mol. The number of fused-ring (bicyclic) bond motifs is 1. The lowest BCUT2D eigenvalue weighted by Gasteiger charge is -2.30. The van der Waals surface area contributed by atoms with Crippen LogP contribution in [-0.2, 0) is 51.2 Å². The summed E-state index contributed by atoms with van der Waals surface area (Å²) in [6, 6.07) is 7.61. The molecule has 1 aromatic heterocycles. The predicted octanol–water partition coefficient (Wildman–Crippen LogP) is -0.757. The van der Waals surface area contributed by atoms with Crippen LogP contribution in [0, 0.1) is 5.92 Å². The van der Waals surface area contributed by atoms with Gasteiger partial charge in [0.25, 0.3) is 0 Å². The van der Waals surface area contributed by atoms with Crippen LogP contribution in [0.25, 0.3) is 10.9 Å². The summed E-state index contributed by atoms with van der Waals surface area (Å²) in [6.45, 7) is 6.10. The minimum absolute atomic E-state index is 0.135. The zero-order valence-corrected chi connectivity index (χ0v) is 37.3. The lowest BCUT2D eigenvalue weighted by atomic mass is 9.96. The number of benzene rings is 2. The van der Waals surface area contributed by atoms with E-state index < -0.39 is 102 Å². The molecule has 0 spiro atoms. The number of aromatic nitrogens is 1. The Balaban J connectivity index is 1.18. The van der Waals surface area contributed by atoms with E-state index in [-0.39, 0.29) is 25.3 Å². The van der Waals surface area contributed by atoms with Crippen molar-refractivity contribution in [1.82, 2.24) is 47.1 Å². The summed E-state index contributed by atoms with van der Waals surface area (Å²) < 4.78 is 0. The molecule has 5 rings (SSSR count). The third-order valence-electron chi connectivity index (χ3n) is 12.1. The number of aromatic amines is 1. The van der Waals surface area contributed by atoms with Gasteiger partial charge in [0, 0.05) is 36.5 Å². The molecule has 19 nitrogen and oxygen atoms in total. The molecule has 3 aromatic rings. The largest absolute Gasteiger partial charge is 0.394 e. The van der Waals surface area contributed by atoms with Gasteiger partial charge >= 0.3 is 0 Å². The van der Waals surface area contributed by atoms with Crippen molar-refractivity contribution in [2.45, 2.75) is 127 Å². The van der Waals surface area contributed by atoms with Crippen molar-refractivity contribution in [2.75, 3.05) is 19.7 Å². The molecule has 2 aliphatic rings. The van der Waals surface area contributed by atoms with E-state index in [1.807, 2.05) is 42.5 Å². The van der Waals surface area contributed by atoms with Crippen LogP contribution in [0.3, 0.4) is 0 Å². The molecule has 0 saturated carbocycles. The summed E-state index contributed by atoms with van der Waals surface area (Å²) in [7, 11) is 0. The second-order valence-electron chi connectivity index (χ2n) is 17.0. The molecule has 10 N–H and O–H groups in total. The Bertz CT molecular complexity index is 2140. The smallest absolute Gasteiger partial charge is 0.245 e. The van der Waals surface area contributed by atoms with Gasteiger partial charge in [0.1, 0.15) is 42.5 Å². The first-order chi connectivity index (χ1) is 31.1. The maximum Gasteiger partial charge on any atom is 0.245 e. The van der Waals surface area contributed by atoms with Gasteiger partial charge in [-0.2, -0.15) is 0 Å². The standard InChI is InChI=1S/C46H63N9O10/c1-5-26(2)38(53-41(60)35(21-29-13-7-6-8-14-29)51-40(59)34-17-11-19-47-34)44(63)54-39(28(4)58)45(64)52-36(25-57)42(61)49-27(3)46(65)55-20-12-18-37(55)43(62)50-31(24-56)22-30-23-48-33-16-10-9-15-32(30)33/h6-10,13-16,23-24,26-28,31,34-39,47-48,57-58H,5,11-12,17-22,25H2,1-4H3,(H,49,61)(H,50,62)(H,51,59)(H,52,64)(H,53,60)(H,54,63)/t26-,27-,28+,31-,34-,35-,36-,37-,38-,39-/m0/s1. The number of aliphatic hydroxyl groups excluding tert-OH is 2. The number of para-hydroxylation sites is 1. The molecule has 3 heterocycles. The summed E-state index contributed by atoms with van der Waals surface area (Å²) >= 11 is 0. The molecule has 10 atom stereocenters. The van der Waals surface area contributed by atoms with Crippen LogP contribution < -0.4 is 37.2 Å². The summed E-state index contributed by atoms with van der Waals surface area (Å²) in [5, 5.41) is 40.5. The number of amides is 7. The first-order valence-corrected chi connectivity index (χ1v) is 22.3. The van der Waals surface area contributed by atoms with E-state index in [9.17, 15) is 48.6 Å². The highest BCUT2D eigenvalue weighted by Gasteiger charge is 2.39. The highest BCUT2D eigenvalue weighted by atomic mass is 16.3. The van der Waals surface area contributed by atoms with E-state index in [2.05, 4.69) is 42.2 Å². The van der Waals surface area contributed by atoms with Crippen molar-refractivity contribution in [2.24, 2.45) is 5.92 Å². The number of aliphatic hydroxyl groups is 2. The van der Waals surface area contributed by atoms with Crippen LogP contribution >= 0.6 is 0 Å². The fourth-order valence-corrected chi connectivity index (χ4v) is 8.18. The van der Waals surface area contributed by atoms with E-state index in [0.29, 0.717) is 38.5 Å². The third kappa shape index (κ3) is 13.2. The Morgan fingerprint density at radius 2 is 1.45 bits per heavy atom. The summed E-state index contributed by atoms with van der Waals surface area (Å²) in [5.74, 6) is -5.40. The number of hydrogen-bond acceptors (Lipinski definition) is 11. The van der Waals surface area contributed by atoms with Crippen LogP contribution in [0.1, 0.15) is 70.9 Å². The molecule has 352 valence electrons. The van der Waals surface area contributed by atoms with Gasteiger partial charge in [0.05, 0.1) is 24.8 Å². The Morgan fingerprint density at radius 1 is 0.769 bits per heavy atom. The second-order valence-corrected chi connectivity index (χ2v) is 17.0. The number of carbonyl (C=O) groups excluding carboxylic acids is 8. The van der Waals surface area contributed by atoms with Crippen molar-refractivity contribution >= 4 is 58.5 Å². The highest BCUT2D eigenvalue weighted by molar-refractivity contribution is 5.98. The lowest BCUT2D eigenvalue weighted by molar-refractivity contribution is -0.142. The number of likely N-dealkylation sites (tertiary alicyclic amines) is 1. The number of nitrogens with zero attached hydrogens (tertiary/aromatic N) is 1. The molecule has 2 saturated heterocycles. The van der Waals surface area contributed by atoms with Crippen molar-refractivity contribution < 1.29 is 48.6 Å². The van der Waals surface area contributed by atoms with Crippen LogP contribution in [0.5, 0.6) is 0 Å². The highest BCUT2D eigenvalue weighted by Crippen LogP contribution is 2.21. The quantitative estimate of drug-likeness (QED) is 0.0560. The van der Waals surface area contributed by atoms with E-state index in [1.54, 1.807) is 32.2 Å². The first kappa shape index (κ1) is 49.8. The Labute approximate surface area is 378 Å². The van der Waals surface area contributed by atoms with Crippen LogP contribution in [0.2, 0.25) is 0 Å². The van der Waals surface area contributed by atoms with Crippen LogP contribution in [0.4, 0.5) is 0 Å². The van der Waals surface area contributed by atoms with Gasteiger partial charge in [-0.05, 0) is 69.2 Å². The number of hydrogen-bond donors (Lipinski definition) is 10. The number of H-pyrrole nitrogens is 1. The molecule has 0 aliphatic carbocycles. The van der Waals surface area contributed by atoms with Gasteiger partial charge in [-0.1, -0.05) is 68.8 Å². The fraction of sp³-hybridized carbons (Fsp3) is 0.522. The number of rotatable bonds is 22. The average molecular weight is 902 g/mol. The molecule has 0 unspecified atom stereocenters. The maximum absolute atomic E-state index is 13.9. The fourth-order valence-electron chi connectivity index (χ4n) is 8.18. The Kier molecular flexibility index (Phi) is 18.1. The predicted molar refractivity (Wildman–Crippen MR) is 239 cm³/mol. The second kappa shape index (κ2) is 23.7. The summed E-state index contributed by atoms with van der Waals surface area (Å²) in [4.78, 5) is 111. The van der Waals surface area contributed by atoms with Crippen molar-refractivity contribution in [3.05, 3.63) is 71.9 Å². The van der Waals surface area contributed by atoms with Gasteiger partial charge in [0.15, 0.2) is 0 Å². The van der Waals surface area contributed by atoms with Crippen molar-refractivity contribution in [3.8, 4) is 0 Å². The summed E-state index contributed by atoms with van der Waals surface area (Å²) in [6.07, 6.45) is 3.92. The number of carbonyl (C=O) groups is 8.